The van der Waals surface area contributed by atoms with Gasteiger partial charge in [0.2, 0.25) is 5.91 Å². The fourth-order valence-electron chi connectivity index (χ4n) is 3.34. The van der Waals surface area contributed by atoms with Crippen LogP contribution in [0.25, 0.3) is 0 Å². The summed E-state index contributed by atoms with van der Waals surface area (Å²) in [4.78, 5) is 12.0. The van der Waals surface area contributed by atoms with Crippen LogP contribution >= 0.6 is 0 Å². The first-order valence-electron chi connectivity index (χ1n) is 11.2. The van der Waals surface area contributed by atoms with E-state index in [-0.39, 0.29) is 28.3 Å². The number of ether oxygens (including phenoxy) is 1. The van der Waals surface area contributed by atoms with Crippen molar-refractivity contribution in [1.29, 1.82) is 0 Å². The molecule has 0 saturated carbocycles. The van der Waals surface area contributed by atoms with E-state index in [1.54, 1.807) is 0 Å². The Morgan fingerprint density at radius 3 is 2.03 bits per heavy atom. The zero-order valence-corrected chi connectivity index (χ0v) is 24.7. The van der Waals surface area contributed by atoms with Crippen LogP contribution in [0.4, 0.5) is 0 Å². The van der Waals surface area contributed by atoms with Crippen molar-refractivity contribution in [3.8, 4) is 0 Å². The Labute approximate surface area is 201 Å². The molecule has 33 heavy (non-hydrogen) atoms. The molecule has 1 spiro atoms. The van der Waals surface area contributed by atoms with Gasteiger partial charge in [0.15, 0.2) is 28.5 Å². The largest absolute Gasteiger partial charge is 0.414 e. The molecule has 4 atom stereocenters. The lowest BCUT2D eigenvalue weighted by molar-refractivity contribution is -0.125. The minimum atomic E-state index is -4.07. The third kappa shape index (κ3) is 5.57. The molecule has 2 aliphatic rings. The van der Waals surface area contributed by atoms with Crippen molar-refractivity contribution in [1.82, 2.24) is 5.32 Å². The topological polar surface area (TPSA) is 126 Å². The second-order valence-corrected chi connectivity index (χ2v) is 23.0. The van der Waals surface area contributed by atoms with Crippen LogP contribution in [0.5, 0.6) is 0 Å². The summed E-state index contributed by atoms with van der Waals surface area (Å²) in [5.74, 6) is -0.339. The summed E-state index contributed by atoms with van der Waals surface area (Å²) in [5.41, 5.74) is 4.69. The summed E-state index contributed by atoms with van der Waals surface area (Å²) in [7, 11) is -8.75. The van der Waals surface area contributed by atoms with Gasteiger partial charge < -0.3 is 24.6 Å². The molecule has 2 rings (SSSR count). The highest BCUT2D eigenvalue weighted by Crippen LogP contribution is 2.49. The van der Waals surface area contributed by atoms with Crippen LogP contribution in [-0.2, 0) is 32.7 Å². The van der Waals surface area contributed by atoms with Crippen LogP contribution in [0.1, 0.15) is 48.5 Å². The first kappa shape index (κ1) is 28.5. The zero-order valence-electron chi connectivity index (χ0n) is 21.9. The van der Waals surface area contributed by atoms with E-state index in [0.717, 1.165) is 5.41 Å². The first-order valence-corrected chi connectivity index (χ1v) is 18.5. The van der Waals surface area contributed by atoms with Crippen molar-refractivity contribution in [2.24, 2.45) is 5.73 Å². The van der Waals surface area contributed by atoms with Crippen molar-refractivity contribution in [2.45, 2.75) is 109 Å². The maximum absolute atomic E-state index is 12.5. The van der Waals surface area contributed by atoms with Gasteiger partial charge in [-0.15, -0.1) is 0 Å². The number of carbonyl (C=O) groups excluding carboxylic acids is 1. The zero-order chi connectivity index (χ0) is 25.8. The Kier molecular flexibility index (Phi) is 7.52. The average Bonchev–Trinajstić information content (AvgIpc) is 2.97. The van der Waals surface area contributed by atoms with Gasteiger partial charge in [0.05, 0.1) is 17.7 Å². The number of carbonyl (C=O) groups is 1. The second kappa shape index (κ2) is 8.72. The number of hydrogen-bond acceptors (Lipinski definition) is 8. The molecule has 0 aliphatic carbocycles. The molecule has 1 fully saturated rings. The van der Waals surface area contributed by atoms with Crippen molar-refractivity contribution < 1.29 is 31.0 Å². The summed E-state index contributed by atoms with van der Waals surface area (Å²) in [6.07, 6.45) is -2.82. The quantitative estimate of drug-likeness (QED) is 0.402. The summed E-state index contributed by atoms with van der Waals surface area (Å²) >= 11 is 0. The van der Waals surface area contributed by atoms with E-state index in [1.807, 2.05) is 13.1 Å². The van der Waals surface area contributed by atoms with Crippen LogP contribution in [0.15, 0.2) is 11.1 Å². The lowest BCUT2D eigenvalue weighted by atomic mass is 9.89. The van der Waals surface area contributed by atoms with E-state index in [4.69, 9.17) is 23.5 Å². The van der Waals surface area contributed by atoms with Gasteiger partial charge in [0.25, 0.3) is 10.1 Å². The Balaban J connectivity index is 2.56. The minimum absolute atomic E-state index is 0.0112. The molecule has 0 aromatic heterocycles. The van der Waals surface area contributed by atoms with Gasteiger partial charge in [-0.3, -0.25) is 4.79 Å². The molecule has 2 heterocycles. The Bertz CT molecular complexity index is 907. The van der Waals surface area contributed by atoms with Crippen LogP contribution in [0, 0.1) is 0 Å². The van der Waals surface area contributed by atoms with Gasteiger partial charge in [0, 0.05) is 6.92 Å². The molecular formula is C21H42N2O7SSi2. The fraction of sp³-hybridized carbons (Fsp3) is 0.857. The molecule has 0 unspecified atom stereocenters. The van der Waals surface area contributed by atoms with E-state index in [0.29, 0.717) is 0 Å². The second-order valence-electron chi connectivity index (χ2n) is 12.1. The van der Waals surface area contributed by atoms with Crippen LogP contribution < -0.4 is 11.1 Å². The predicted octanol–water partition coefficient (Wildman–Crippen LogP) is 3.16. The van der Waals surface area contributed by atoms with Gasteiger partial charge in [-0.2, -0.15) is 8.42 Å². The summed E-state index contributed by atoms with van der Waals surface area (Å²) in [6, 6.07) is 0. The van der Waals surface area contributed by atoms with Gasteiger partial charge in [0.1, 0.15) is 12.2 Å². The van der Waals surface area contributed by atoms with E-state index in [1.165, 1.54) is 6.92 Å². The molecule has 1 saturated heterocycles. The summed E-state index contributed by atoms with van der Waals surface area (Å²) in [6.45, 7) is 22.2. The van der Waals surface area contributed by atoms with Crippen LogP contribution in [-0.4, -0.2) is 61.6 Å². The minimum Gasteiger partial charge on any atom is -0.414 e. The van der Waals surface area contributed by atoms with Gasteiger partial charge in [-0.05, 0) is 36.3 Å². The number of rotatable bonds is 6. The average molecular weight is 523 g/mol. The lowest BCUT2D eigenvalue weighted by Crippen LogP contribution is -2.61. The molecule has 0 aromatic carbocycles. The predicted molar refractivity (Wildman–Crippen MR) is 133 cm³/mol. The molecule has 1 amide bonds. The molecule has 0 aromatic rings. The Morgan fingerprint density at radius 1 is 1.12 bits per heavy atom. The summed E-state index contributed by atoms with van der Waals surface area (Å²) in [5, 5.41) is 3.40. The van der Waals surface area contributed by atoms with E-state index < -0.39 is 50.8 Å². The van der Waals surface area contributed by atoms with Crippen molar-refractivity contribution >= 4 is 32.7 Å². The van der Waals surface area contributed by atoms with Gasteiger partial charge in [-0.25, -0.2) is 4.18 Å². The van der Waals surface area contributed by atoms with Gasteiger partial charge in [-0.1, -0.05) is 41.5 Å². The molecule has 2 aliphatic heterocycles. The third-order valence-electron chi connectivity index (χ3n) is 7.44. The number of nitrogens with two attached hydrogens (primary N) is 1. The maximum Gasteiger partial charge on any atom is 0.292 e. The smallest absolute Gasteiger partial charge is 0.292 e. The van der Waals surface area contributed by atoms with E-state index in [2.05, 4.69) is 60.0 Å². The number of hydrogen-bond donors (Lipinski definition) is 2. The molecule has 12 heteroatoms. The fourth-order valence-corrected chi connectivity index (χ4v) is 6.85. The van der Waals surface area contributed by atoms with Crippen molar-refractivity contribution in [3.05, 3.63) is 11.1 Å². The van der Waals surface area contributed by atoms with Gasteiger partial charge >= 0.3 is 0 Å². The highest BCUT2D eigenvalue weighted by atomic mass is 32.2. The molecule has 0 bridgehead atoms. The van der Waals surface area contributed by atoms with Crippen molar-refractivity contribution in [2.75, 3.05) is 6.61 Å². The molecule has 9 nitrogen and oxygen atoms in total. The van der Waals surface area contributed by atoms with E-state index in [9.17, 15) is 13.2 Å². The molecule has 0 radical (unpaired) electrons. The first-order chi connectivity index (χ1) is 14.6. The SMILES string of the molecule is CC(=O)N[C@@H]1O[C@H](CO[Si](C)(C)C(C)(C)C)[C@@]2(OS(=O)(=O)C=C2N)[C@H]1O[Si](C)(C)C(C)(C)C. The Hall–Kier alpha value is -0.766. The number of nitrogens with one attached hydrogen (secondary N) is 1. The van der Waals surface area contributed by atoms with Crippen LogP contribution in [0.2, 0.25) is 36.3 Å². The monoisotopic (exact) mass is 522 g/mol. The highest BCUT2D eigenvalue weighted by Gasteiger charge is 2.67. The standard InChI is InChI=1S/C21H42N2O7SSi2/c1-14(24)23-18-17(29-33(10,11)20(5,6)7)21(15(22)13-31(25,26)30-21)16(28-18)12-27-32(8,9)19(2,3)4/h13,16-18H,12,22H2,1-11H3,(H,23,24)/t16-,17+,18-,21-/m1/s1. The van der Waals surface area contributed by atoms with Crippen molar-refractivity contribution in [3.63, 3.8) is 0 Å². The highest BCUT2D eigenvalue weighted by molar-refractivity contribution is 7.90. The molecule has 3 N–H and O–H groups in total. The van der Waals surface area contributed by atoms with Crippen LogP contribution in [0.3, 0.4) is 0 Å². The lowest BCUT2D eigenvalue weighted by Gasteiger charge is -2.43. The summed E-state index contributed by atoms with van der Waals surface area (Å²) < 4.78 is 50.0. The molecule has 192 valence electrons. The maximum atomic E-state index is 12.5. The normalized spacial score (nSPS) is 30.5. The molecular weight excluding hydrogens is 480 g/mol. The third-order valence-corrected chi connectivity index (χ3v) is 17.4. The Morgan fingerprint density at radius 2 is 1.64 bits per heavy atom. The van der Waals surface area contributed by atoms with E-state index >= 15 is 0 Å². The number of amides is 1.